The van der Waals surface area contributed by atoms with E-state index >= 15 is 0 Å². The van der Waals surface area contributed by atoms with E-state index < -0.39 is 27.7 Å². The SMILES string of the molecule is CC(C)(C)c1ccc(C(Cc2ccc(C(=O)NCCS(=O)(=O)O)s2)C(=O)Nc2ccc(-c3ccc(Cl)cc3Cl)cc2)cc1. The van der Waals surface area contributed by atoms with Gasteiger partial charge in [0.1, 0.15) is 0 Å². The van der Waals surface area contributed by atoms with Gasteiger partial charge in [0, 0.05) is 32.7 Å². The Morgan fingerprint density at radius 2 is 1.60 bits per heavy atom. The number of hydrogen-bond acceptors (Lipinski definition) is 5. The van der Waals surface area contributed by atoms with Gasteiger partial charge in [-0.2, -0.15) is 8.42 Å². The lowest BCUT2D eigenvalue weighted by molar-refractivity contribution is -0.117. The Labute approximate surface area is 266 Å². The van der Waals surface area contributed by atoms with E-state index in [0.717, 1.165) is 27.1 Å². The predicted octanol–water partition coefficient (Wildman–Crippen LogP) is 7.60. The van der Waals surface area contributed by atoms with E-state index in [-0.39, 0.29) is 17.9 Å². The summed E-state index contributed by atoms with van der Waals surface area (Å²) in [5.41, 5.74) is 4.28. The Balaban J connectivity index is 1.54. The average Bonchev–Trinajstić information content (AvgIpc) is 3.40. The maximum absolute atomic E-state index is 13.7. The molecule has 1 aromatic heterocycles. The molecule has 1 atom stereocenters. The lowest BCUT2D eigenvalue weighted by Gasteiger charge is -2.21. The van der Waals surface area contributed by atoms with Crippen molar-refractivity contribution in [2.45, 2.75) is 38.5 Å². The van der Waals surface area contributed by atoms with Crippen LogP contribution in [0.15, 0.2) is 78.9 Å². The van der Waals surface area contributed by atoms with E-state index in [9.17, 15) is 18.0 Å². The molecule has 4 aromatic rings. The summed E-state index contributed by atoms with van der Waals surface area (Å²) in [4.78, 5) is 27.4. The van der Waals surface area contributed by atoms with Gasteiger partial charge in [-0.25, -0.2) is 0 Å². The summed E-state index contributed by atoms with van der Waals surface area (Å²) < 4.78 is 30.8. The van der Waals surface area contributed by atoms with Crippen molar-refractivity contribution in [1.29, 1.82) is 0 Å². The van der Waals surface area contributed by atoms with Crippen molar-refractivity contribution < 1.29 is 22.6 Å². The van der Waals surface area contributed by atoms with Crippen LogP contribution in [0.25, 0.3) is 11.1 Å². The maximum Gasteiger partial charge on any atom is 0.266 e. The van der Waals surface area contributed by atoms with E-state index in [1.54, 1.807) is 24.3 Å². The lowest BCUT2D eigenvalue weighted by atomic mass is 9.85. The molecule has 0 aliphatic heterocycles. The van der Waals surface area contributed by atoms with Crippen LogP contribution >= 0.6 is 34.5 Å². The van der Waals surface area contributed by atoms with Gasteiger partial charge in [0.15, 0.2) is 0 Å². The van der Waals surface area contributed by atoms with Gasteiger partial charge in [-0.3, -0.25) is 14.1 Å². The molecule has 0 spiro atoms. The van der Waals surface area contributed by atoms with Crippen LogP contribution in [-0.4, -0.2) is 37.1 Å². The molecule has 11 heteroatoms. The van der Waals surface area contributed by atoms with Crippen LogP contribution in [0.5, 0.6) is 0 Å². The normalized spacial score (nSPS) is 12.5. The highest BCUT2D eigenvalue weighted by Gasteiger charge is 2.24. The second-order valence-electron chi connectivity index (χ2n) is 11.1. The molecule has 1 heterocycles. The smallest absolute Gasteiger partial charge is 0.266 e. The second kappa shape index (κ2) is 13.6. The number of carbonyl (C=O) groups is 2. The molecule has 3 N–H and O–H groups in total. The number of nitrogens with one attached hydrogen (secondary N) is 2. The number of carbonyl (C=O) groups excluding carboxylic acids is 2. The number of benzene rings is 3. The van der Waals surface area contributed by atoms with Gasteiger partial charge in [0.05, 0.1) is 16.5 Å². The van der Waals surface area contributed by atoms with E-state index in [1.807, 2.05) is 54.6 Å². The molecule has 0 saturated carbocycles. The van der Waals surface area contributed by atoms with Crippen LogP contribution in [0.1, 0.15) is 52.4 Å². The number of rotatable bonds is 10. The summed E-state index contributed by atoms with van der Waals surface area (Å²) in [6, 6.07) is 24.1. The summed E-state index contributed by atoms with van der Waals surface area (Å²) in [7, 11) is -4.18. The third-order valence-corrected chi connectivity index (χ3v) is 9.20. The second-order valence-corrected chi connectivity index (χ2v) is 14.7. The van der Waals surface area contributed by atoms with Gasteiger partial charge < -0.3 is 10.6 Å². The minimum Gasteiger partial charge on any atom is -0.350 e. The van der Waals surface area contributed by atoms with Crippen molar-refractivity contribution in [3.63, 3.8) is 0 Å². The van der Waals surface area contributed by atoms with Gasteiger partial charge in [-0.1, -0.05) is 86.4 Å². The average molecular weight is 660 g/mol. The number of halogens is 2. The van der Waals surface area contributed by atoms with E-state index in [1.165, 1.54) is 11.3 Å². The molecule has 0 radical (unpaired) electrons. The van der Waals surface area contributed by atoms with Crippen LogP contribution in [0.3, 0.4) is 0 Å². The number of hydrogen-bond donors (Lipinski definition) is 3. The molecule has 0 aliphatic rings. The van der Waals surface area contributed by atoms with E-state index in [2.05, 4.69) is 31.4 Å². The molecule has 0 bridgehead atoms. The maximum atomic E-state index is 13.7. The van der Waals surface area contributed by atoms with Gasteiger partial charge in [0.2, 0.25) is 5.91 Å². The minimum atomic E-state index is -4.18. The number of amides is 2. The standard InChI is InChI=1S/C32H32Cl2N2O5S2/c1-32(2,3)22-8-4-21(5-9-22)27(19-25-13-15-29(42-25)31(38)35-16-17-43(39,40)41)30(37)36-24-11-6-20(7-12-24)26-14-10-23(33)18-28(26)34/h4-15,18,27H,16-17,19H2,1-3H3,(H,35,38)(H,36,37)(H,39,40,41). The predicted molar refractivity (Wildman–Crippen MR) is 175 cm³/mol. The van der Waals surface area contributed by atoms with Gasteiger partial charge in [0.25, 0.3) is 16.0 Å². The van der Waals surface area contributed by atoms with Crippen LogP contribution < -0.4 is 10.6 Å². The molecule has 0 saturated heterocycles. The first-order valence-corrected chi connectivity index (χ1v) is 16.7. The zero-order valence-corrected chi connectivity index (χ0v) is 27.0. The molecule has 2 amide bonds. The molecular weight excluding hydrogens is 627 g/mol. The summed E-state index contributed by atoms with van der Waals surface area (Å²) in [5.74, 6) is -1.77. The quantitative estimate of drug-likeness (QED) is 0.152. The van der Waals surface area contributed by atoms with Crippen molar-refractivity contribution in [1.82, 2.24) is 5.32 Å². The van der Waals surface area contributed by atoms with Crippen LogP contribution in [0.4, 0.5) is 5.69 Å². The van der Waals surface area contributed by atoms with Crippen LogP contribution in [0.2, 0.25) is 10.0 Å². The molecule has 3 aromatic carbocycles. The monoisotopic (exact) mass is 658 g/mol. The molecular formula is C32H32Cl2N2O5S2. The lowest BCUT2D eigenvalue weighted by Crippen LogP contribution is -2.28. The fraction of sp³-hybridized carbons (Fsp3) is 0.250. The Kier molecular flexibility index (Phi) is 10.4. The molecule has 7 nitrogen and oxygen atoms in total. The van der Waals surface area contributed by atoms with Crippen LogP contribution in [-0.2, 0) is 26.7 Å². The summed E-state index contributed by atoms with van der Waals surface area (Å²) >= 11 is 13.6. The third-order valence-electron chi connectivity index (χ3n) is 6.83. The molecule has 1 unspecified atom stereocenters. The summed E-state index contributed by atoms with van der Waals surface area (Å²) in [6.07, 6.45) is 0.349. The van der Waals surface area contributed by atoms with Gasteiger partial charge in [-0.05, 0) is 64.9 Å². The zero-order chi connectivity index (χ0) is 31.4. The van der Waals surface area contributed by atoms with E-state index in [4.69, 9.17) is 27.8 Å². The highest BCUT2D eigenvalue weighted by atomic mass is 35.5. The zero-order valence-electron chi connectivity index (χ0n) is 23.9. The molecule has 0 aliphatic carbocycles. The van der Waals surface area contributed by atoms with Crippen molar-refractivity contribution in [3.8, 4) is 11.1 Å². The van der Waals surface area contributed by atoms with Gasteiger partial charge in [-0.15, -0.1) is 11.3 Å². The van der Waals surface area contributed by atoms with E-state index in [0.29, 0.717) is 27.0 Å². The Hall–Kier alpha value is -3.21. The molecule has 4 rings (SSSR count). The Morgan fingerprint density at radius 3 is 2.21 bits per heavy atom. The first-order chi connectivity index (χ1) is 20.2. The van der Waals surface area contributed by atoms with Gasteiger partial charge >= 0.3 is 0 Å². The first-order valence-electron chi connectivity index (χ1n) is 13.5. The minimum absolute atomic E-state index is 0.0453. The van der Waals surface area contributed by atoms with Crippen molar-refractivity contribution in [3.05, 3.63) is 110 Å². The summed E-state index contributed by atoms with van der Waals surface area (Å²) in [6.45, 7) is 6.17. The van der Waals surface area contributed by atoms with Crippen molar-refractivity contribution in [2.75, 3.05) is 17.6 Å². The fourth-order valence-electron chi connectivity index (χ4n) is 4.45. The first kappa shape index (κ1) is 32.7. The Bertz CT molecular complexity index is 1710. The topological polar surface area (TPSA) is 113 Å². The fourth-order valence-corrected chi connectivity index (χ4v) is 6.30. The molecule has 43 heavy (non-hydrogen) atoms. The largest absolute Gasteiger partial charge is 0.350 e. The molecule has 226 valence electrons. The highest BCUT2D eigenvalue weighted by molar-refractivity contribution is 7.85. The highest BCUT2D eigenvalue weighted by Crippen LogP contribution is 2.32. The van der Waals surface area contributed by atoms with Crippen molar-refractivity contribution >= 4 is 62.2 Å². The number of anilines is 1. The molecule has 0 fully saturated rings. The number of thiophene rings is 1. The van der Waals surface area contributed by atoms with Crippen LogP contribution in [0, 0.1) is 0 Å². The third kappa shape index (κ3) is 9.14. The Morgan fingerprint density at radius 1 is 0.930 bits per heavy atom. The van der Waals surface area contributed by atoms with Crippen molar-refractivity contribution in [2.24, 2.45) is 0 Å². The summed E-state index contributed by atoms with van der Waals surface area (Å²) in [5, 5.41) is 6.61.